The van der Waals surface area contributed by atoms with E-state index in [2.05, 4.69) is 0 Å². The molecule has 0 spiro atoms. The molecule has 0 aliphatic heterocycles. The molecule has 3 N–H and O–H groups in total. The van der Waals surface area contributed by atoms with Crippen molar-refractivity contribution in [3.8, 4) is 0 Å². The van der Waals surface area contributed by atoms with Crippen LogP contribution in [0.5, 0.6) is 0 Å². The van der Waals surface area contributed by atoms with Crippen LogP contribution in [0.15, 0.2) is 0 Å². The summed E-state index contributed by atoms with van der Waals surface area (Å²) in [5, 5.41) is 8.68. The maximum Gasteiger partial charge on any atom is 0.418 e. The van der Waals surface area contributed by atoms with E-state index in [4.69, 9.17) is 10.8 Å². The number of aliphatic hydroxyl groups is 1. The minimum absolute atomic E-state index is 0.650. The average molecular weight is 157 g/mol. The SMILES string of the molecule is CC(N)C(C)(O)C(F)(F)F. The number of halogens is 3. The lowest BCUT2D eigenvalue weighted by atomic mass is 9.98. The summed E-state index contributed by atoms with van der Waals surface area (Å²) in [6.45, 7) is 1.76. The van der Waals surface area contributed by atoms with E-state index in [1.165, 1.54) is 0 Å². The van der Waals surface area contributed by atoms with Crippen molar-refractivity contribution in [3.63, 3.8) is 0 Å². The fourth-order valence-electron chi connectivity index (χ4n) is 0.258. The van der Waals surface area contributed by atoms with Crippen LogP contribution in [0.25, 0.3) is 0 Å². The van der Waals surface area contributed by atoms with Gasteiger partial charge in [-0.2, -0.15) is 13.2 Å². The van der Waals surface area contributed by atoms with Gasteiger partial charge in [0, 0.05) is 6.04 Å². The van der Waals surface area contributed by atoms with Crippen LogP contribution < -0.4 is 5.73 Å². The Morgan fingerprint density at radius 1 is 1.40 bits per heavy atom. The predicted octanol–water partition coefficient (Wildman–Crippen LogP) is 0.647. The van der Waals surface area contributed by atoms with Gasteiger partial charge in [-0.3, -0.25) is 0 Å². The maximum absolute atomic E-state index is 11.8. The van der Waals surface area contributed by atoms with Gasteiger partial charge in [0.05, 0.1) is 0 Å². The van der Waals surface area contributed by atoms with E-state index in [0.717, 1.165) is 6.92 Å². The smallest absolute Gasteiger partial charge is 0.379 e. The van der Waals surface area contributed by atoms with E-state index >= 15 is 0 Å². The summed E-state index contributed by atoms with van der Waals surface area (Å²) in [5.41, 5.74) is 2.10. The van der Waals surface area contributed by atoms with Gasteiger partial charge in [-0.1, -0.05) is 0 Å². The lowest BCUT2D eigenvalue weighted by Crippen LogP contribution is -2.54. The first-order valence-corrected chi connectivity index (χ1v) is 2.74. The van der Waals surface area contributed by atoms with Crippen LogP contribution in [0.3, 0.4) is 0 Å². The third-order valence-corrected chi connectivity index (χ3v) is 1.46. The highest BCUT2D eigenvalue weighted by Crippen LogP contribution is 2.31. The molecule has 0 aromatic rings. The average Bonchev–Trinajstić information content (AvgIpc) is 1.62. The monoisotopic (exact) mass is 157 g/mol. The Kier molecular flexibility index (Phi) is 2.32. The van der Waals surface area contributed by atoms with E-state index in [1.807, 2.05) is 0 Å². The first kappa shape index (κ1) is 9.71. The Morgan fingerprint density at radius 3 is 1.70 bits per heavy atom. The van der Waals surface area contributed by atoms with Gasteiger partial charge in [0.2, 0.25) is 0 Å². The summed E-state index contributed by atoms with van der Waals surface area (Å²) in [7, 11) is 0. The molecular formula is C5H10F3NO. The molecule has 10 heavy (non-hydrogen) atoms. The fourth-order valence-corrected chi connectivity index (χ4v) is 0.258. The molecule has 0 saturated heterocycles. The standard InChI is InChI=1S/C5H10F3NO/c1-3(9)4(2,10)5(6,7)8/h3,10H,9H2,1-2H3. The molecule has 0 aliphatic rings. The second-order valence-corrected chi connectivity index (χ2v) is 2.43. The van der Waals surface area contributed by atoms with Gasteiger partial charge >= 0.3 is 6.18 Å². The molecule has 0 saturated carbocycles. The summed E-state index contributed by atoms with van der Waals surface area (Å²) in [5.74, 6) is 0. The largest absolute Gasteiger partial charge is 0.418 e. The predicted molar refractivity (Wildman–Crippen MR) is 30.3 cm³/mol. The van der Waals surface area contributed by atoms with Gasteiger partial charge < -0.3 is 10.8 Å². The molecule has 0 aromatic carbocycles. The molecule has 0 aromatic heterocycles. The van der Waals surface area contributed by atoms with Crippen LogP contribution in [0.1, 0.15) is 13.8 Å². The number of alkyl halides is 3. The van der Waals surface area contributed by atoms with Gasteiger partial charge in [-0.05, 0) is 13.8 Å². The van der Waals surface area contributed by atoms with E-state index in [-0.39, 0.29) is 0 Å². The van der Waals surface area contributed by atoms with E-state index in [0.29, 0.717) is 6.92 Å². The van der Waals surface area contributed by atoms with Crippen molar-refractivity contribution in [2.75, 3.05) is 0 Å². The molecule has 0 rings (SSSR count). The van der Waals surface area contributed by atoms with Gasteiger partial charge in [-0.25, -0.2) is 0 Å². The molecule has 0 amide bonds. The van der Waals surface area contributed by atoms with Gasteiger partial charge in [0.15, 0.2) is 5.60 Å². The summed E-state index contributed by atoms with van der Waals surface area (Å²) in [4.78, 5) is 0. The van der Waals surface area contributed by atoms with Crippen molar-refractivity contribution in [2.45, 2.75) is 31.7 Å². The quantitative estimate of drug-likeness (QED) is 0.587. The molecule has 2 nitrogen and oxygen atoms in total. The van der Waals surface area contributed by atoms with Crippen molar-refractivity contribution in [1.82, 2.24) is 0 Å². The molecule has 0 bridgehead atoms. The van der Waals surface area contributed by atoms with Crippen LogP contribution >= 0.6 is 0 Å². The van der Waals surface area contributed by atoms with Gasteiger partial charge in [0.25, 0.3) is 0 Å². The number of nitrogens with two attached hydrogens (primary N) is 1. The van der Waals surface area contributed by atoms with Crippen molar-refractivity contribution >= 4 is 0 Å². The topological polar surface area (TPSA) is 46.2 Å². The molecule has 0 heterocycles. The zero-order valence-electron chi connectivity index (χ0n) is 5.74. The molecule has 5 heteroatoms. The van der Waals surface area contributed by atoms with Crippen molar-refractivity contribution in [1.29, 1.82) is 0 Å². The lowest BCUT2D eigenvalue weighted by molar-refractivity contribution is -0.258. The summed E-state index contributed by atoms with van der Waals surface area (Å²) < 4.78 is 35.3. The second-order valence-electron chi connectivity index (χ2n) is 2.43. The molecule has 0 aliphatic carbocycles. The van der Waals surface area contributed by atoms with Crippen molar-refractivity contribution in [3.05, 3.63) is 0 Å². The minimum atomic E-state index is -4.65. The third-order valence-electron chi connectivity index (χ3n) is 1.46. The molecule has 0 radical (unpaired) electrons. The fraction of sp³-hybridized carbons (Fsp3) is 1.00. The number of hydrogen-bond acceptors (Lipinski definition) is 2. The van der Waals surface area contributed by atoms with Crippen LogP contribution in [0.2, 0.25) is 0 Å². The lowest BCUT2D eigenvalue weighted by Gasteiger charge is -2.29. The van der Waals surface area contributed by atoms with Gasteiger partial charge in [-0.15, -0.1) is 0 Å². The zero-order valence-corrected chi connectivity index (χ0v) is 5.74. The highest BCUT2D eigenvalue weighted by Gasteiger charge is 2.52. The highest BCUT2D eigenvalue weighted by molar-refractivity contribution is 4.88. The first-order chi connectivity index (χ1) is 4.19. The molecule has 2 atom stereocenters. The summed E-state index contributed by atoms with van der Waals surface area (Å²) in [6.07, 6.45) is -4.65. The van der Waals surface area contributed by atoms with Crippen LogP contribution in [0.4, 0.5) is 13.2 Å². The Balaban J connectivity index is 4.40. The minimum Gasteiger partial charge on any atom is -0.379 e. The summed E-state index contributed by atoms with van der Waals surface area (Å²) in [6, 6.07) is -1.31. The van der Waals surface area contributed by atoms with E-state index in [1.54, 1.807) is 0 Å². The zero-order chi connectivity index (χ0) is 8.58. The number of hydrogen-bond donors (Lipinski definition) is 2. The van der Waals surface area contributed by atoms with Crippen LogP contribution in [0, 0.1) is 0 Å². The molecule has 2 unspecified atom stereocenters. The Hall–Kier alpha value is -0.290. The van der Waals surface area contributed by atoms with E-state index in [9.17, 15) is 13.2 Å². The second kappa shape index (κ2) is 2.39. The van der Waals surface area contributed by atoms with Crippen molar-refractivity contribution in [2.24, 2.45) is 5.73 Å². The first-order valence-electron chi connectivity index (χ1n) is 2.74. The number of rotatable bonds is 1. The normalized spacial score (nSPS) is 21.9. The highest BCUT2D eigenvalue weighted by atomic mass is 19.4. The van der Waals surface area contributed by atoms with Crippen molar-refractivity contribution < 1.29 is 18.3 Å². The Labute approximate surface area is 56.8 Å². The van der Waals surface area contributed by atoms with Crippen LogP contribution in [-0.4, -0.2) is 22.9 Å². The third kappa shape index (κ3) is 1.60. The Morgan fingerprint density at radius 2 is 1.70 bits per heavy atom. The van der Waals surface area contributed by atoms with Gasteiger partial charge in [0.1, 0.15) is 0 Å². The molecule has 62 valence electrons. The summed E-state index contributed by atoms with van der Waals surface area (Å²) >= 11 is 0. The Bertz CT molecular complexity index is 119. The van der Waals surface area contributed by atoms with Crippen LogP contribution in [-0.2, 0) is 0 Å². The van der Waals surface area contributed by atoms with E-state index < -0.39 is 17.8 Å². The molecular weight excluding hydrogens is 147 g/mol. The molecule has 0 fully saturated rings. The maximum atomic E-state index is 11.8.